The number of carbonyl (C=O) groups is 2. The normalized spacial score (nSPS) is 26.3. The van der Waals surface area contributed by atoms with Gasteiger partial charge in [0.25, 0.3) is 0 Å². The first kappa shape index (κ1) is 17.7. The molecule has 4 rings (SSSR count). The fourth-order valence-corrected chi connectivity index (χ4v) is 4.30. The Hall–Kier alpha value is -2.66. The number of rotatable bonds is 4. The Balaban J connectivity index is 1.65. The number of nitrogens with one attached hydrogen (secondary N) is 3. The molecule has 2 aromatic carbocycles. The summed E-state index contributed by atoms with van der Waals surface area (Å²) in [6.07, 6.45) is 0.639. The second kappa shape index (κ2) is 6.82. The Morgan fingerprint density at radius 3 is 2.59 bits per heavy atom. The minimum Gasteiger partial charge on any atom is -0.352 e. The molecule has 3 atom stereocenters. The number of amides is 2. The second-order valence-corrected chi connectivity index (χ2v) is 7.79. The van der Waals surface area contributed by atoms with E-state index in [9.17, 15) is 9.59 Å². The van der Waals surface area contributed by atoms with E-state index < -0.39 is 11.5 Å². The van der Waals surface area contributed by atoms with Crippen LogP contribution < -0.4 is 16.0 Å². The van der Waals surface area contributed by atoms with E-state index in [1.165, 1.54) is 0 Å². The second-order valence-electron chi connectivity index (χ2n) is 7.79. The molecule has 27 heavy (non-hydrogen) atoms. The molecule has 1 saturated heterocycles. The molecule has 2 amide bonds. The molecule has 0 aliphatic carbocycles. The van der Waals surface area contributed by atoms with Crippen molar-refractivity contribution in [2.75, 3.05) is 5.32 Å². The van der Waals surface area contributed by atoms with Crippen LogP contribution in [-0.2, 0) is 21.7 Å². The largest absolute Gasteiger partial charge is 0.352 e. The summed E-state index contributed by atoms with van der Waals surface area (Å²) >= 11 is 0. The number of hydrogen-bond donors (Lipinski definition) is 3. The lowest BCUT2D eigenvalue weighted by Gasteiger charge is -2.29. The van der Waals surface area contributed by atoms with Crippen molar-refractivity contribution < 1.29 is 9.59 Å². The highest BCUT2D eigenvalue weighted by Gasteiger charge is 2.60. The van der Waals surface area contributed by atoms with Crippen LogP contribution in [0, 0.1) is 11.8 Å². The Bertz CT molecular complexity index is 865. The van der Waals surface area contributed by atoms with Gasteiger partial charge in [-0.25, -0.2) is 0 Å². The number of fused-ring (bicyclic) bond motifs is 2. The van der Waals surface area contributed by atoms with Crippen LogP contribution in [0.5, 0.6) is 0 Å². The first-order valence-electron chi connectivity index (χ1n) is 9.52. The predicted octanol–water partition coefficient (Wildman–Crippen LogP) is 2.78. The molecule has 0 aromatic heterocycles. The van der Waals surface area contributed by atoms with Crippen molar-refractivity contribution in [1.82, 2.24) is 10.6 Å². The first-order chi connectivity index (χ1) is 13.0. The summed E-state index contributed by atoms with van der Waals surface area (Å²) in [7, 11) is 0. The van der Waals surface area contributed by atoms with Crippen LogP contribution in [0.15, 0.2) is 54.6 Å². The minimum atomic E-state index is -0.994. The van der Waals surface area contributed by atoms with E-state index in [4.69, 9.17) is 0 Å². The predicted molar refractivity (Wildman–Crippen MR) is 105 cm³/mol. The topological polar surface area (TPSA) is 70.2 Å². The highest BCUT2D eigenvalue weighted by atomic mass is 16.2. The molecular formula is C22H25N3O2. The van der Waals surface area contributed by atoms with E-state index in [1.807, 2.05) is 54.6 Å². The molecule has 3 N–H and O–H groups in total. The lowest BCUT2D eigenvalue weighted by Crippen LogP contribution is -2.53. The van der Waals surface area contributed by atoms with Gasteiger partial charge < -0.3 is 10.6 Å². The number of para-hydroxylation sites is 1. The summed E-state index contributed by atoms with van der Waals surface area (Å²) in [5.41, 5.74) is 1.72. The average Bonchev–Trinajstić information content (AvgIpc) is 3.21. The van der Waals surface area contributed by atoms with Gasteiger partial charge in [0.1, 0.15) is 5.54 Å². The van der Waals surface area contributed by atoms with Crippen LogP contribution >= 0.6 is 0 Å². The summed E-state index contributed by atoms with van der Waals surface area (Å²) in [4.78, 5) is 26.2. The third kappa shape index (κ3) is 2.92. The number of benzene rings is 2. The molecule has 1 spiro atoms. The molecule has 2 aliphatic heterocycles. The van der Waals surface area contributed by atoms with Crippen molar-refractivity contribution in [3.63, 3.8) is 0 Å². The van der Waals surface area contributed by atoms with Gasteiger partial charge in [-0.1, -0.05) is 62.4 Å². The quantitative estimate of drug-likeness (QED) is 0.782. The van der Waals surface area contributed by atoms with E-state index in [2.05, 4.69) is 29.8 Å². The third-order valence-corrected chi connectivity index (χ3v) is 5.81. The smallest absolute Gasteiger partial charge is 0.250 e. The first-order valence-corrected chi connectivity index (χ1v) is 9.52. The molecular weight excluding hydrogens is 338 g/mol. The summed E-state index contributed by atoms with van der Waals surface area (Å²) in [6.45, 7) is 4.70. The van der Waals surface area contributed by atoms with Crippen molar-refractivity contribution in [1.29, 1.82) is 0 Å². The van der Waals surface area contributed by atoms with Crippen LogP contribution in [0.3, 0.4) is 0 Å². The van der Waals surface area contributed by atoms with Crippen molar-refractivity contribution >= 4 is 17.5 Å². The Labute approximate surface area is 159 Å². The molecule has 140 valence electrons. The van der Waals surface area contributed by atoms with Crippen molar-refractivity contribution in [2.24, 2.45) is 11.8 Å². The summed E-state index contributed by atoms with van der Waals surface area (Å²) < 4.78 is 0. The lowest BCUT2D eigenvalue weighted by molar-refractivity contribution is -0.133. The molecule has 5 nitrogen and oxygen atoms in total. The molecule has 0 bridgehead atoms. The van der Waals surface area contributed by atoms with Crippen molar-refractivity contribution in [3.05, 3.63) is 65.7 Å². The fraction of sp³-hybridized carbons (Fsp3) is 0.364. The zero-order valence-corrected chi connectivity index (χ0v) is 15.7. The molecule has 1 fully saturated rings. The standard InChI is InChI=1S/C22H25N3O2/c1-14(2)19-12-17(20(26)23-13-15-8-4-3-5-9-15)22(25-19)16-10-6-7-11-18(16)24-21(22)27/h3-11,14,17,19,25H,12-13H2,1-2H3,(H,23,26)(H,24,27). The molecule has 3 unspecified atom stereocenters. The molecule has 2 aromatic rings. The van der Waals surface area contributed by atoms with Gasteiger partial charge in [0.05, 0.1) is 5.92 Å². The van der Waals surface area contributed by atoms with Gasteiger partial charge in [0.15, 0.2) is 0 Å². The summed E-state index contributed by atoms with van der Waals surface area (Å²) in [5.74, 6) is -0.334. The van der Waals surface area contributed by atoms with E-state index >= 15 is 0 Å². The Morgan fingerprint density at radius 1 is 1.15 bits per heavy atom. The van der Waals surface area contributed by atoms with Crippen LogP contribution in [-0.4, -0.2) is 17.9 Å². The van der Waals surface area contributed by atoms with Gasteiger partial charge in [-0.2, -0.15) is 0 Å². The summed E-state index contributed by atoms with van der Waals surface area (Å²) in [6, 6.07) is 17.6. The lowest BCUT2D eigenvalue weighted by atomic mass is 9.79. The SMILES string of the molecule is CC(C)C1CC(C(=O)NCc2ccccc2)C2(N1)C(=O)Nc1ccccc12. The molecule has 0 saturated carbocycles. The van der Waals surface area contributed by atoms with Gasteiger partial charge in [-0.15, -0.1) is 0 Å². The van der Waals surface area contributed by atoms with Crippen LogP contribution in [0.1, 0.15) is 31.4 Å². The number of carbonyl (C=O) groups excluding carboxylic acids is 2. The molecule has 5 heteroatoms. The highest BCUT2D eigenvalue weighted by Crippen LogP contribution is 2.47. The average molecular weight is 363 g/mol. The van der Waals surface area contributed by atoms with Crippen molar-refractivity contribution in [2.45, 2.75) is 38.4 Å². The zero-order valence-electron chi connectivity index (χ0n) is 15.7. The highest BCUT2D eigenvalue weighted by molar-refractivity contribution is 6.09. The molecule has 0 radical (unpaired) electrons. The maximum Gasteiger partial charge on any atom is 0.250 e. The Morgan fingerprint density at radius 2 is 1.85 bits per heavy atom. The monoisotopic (exact) mass is 363 g/mol. The third-order valence-electron chi connectivity index (χ3n) is 5.81. The van der Waals surface area contributed by atoms with Gasteiger partial charge in [-0.05, 0) is 24.0 Å². The van der Waals surface area contributed by atoms with Gasteiger partial charge in [-0.3, -0.25) is 14.9 Å². The fourth-order valence-electron chi connectivity index (χ4n) is 4.30. The number of anilines is 1. The van der Waals surface area contributed by atoms with Gasteiger partial charge in [0.2, 0.25) is 11.8 Å². The molecule has 2 heterocycles. The number of hydrogen-bond acceptors (Lipinski definition) is 3. The zero-order chi connectivity index (χ0) is 19.0. The van der Waals surface area contributed by atoms with Crippen molar-refractivity contribution in [3.8, 4) is 0 Å². The van der Waals surface area contributed by atoms with Crippen LogP contribution in [0.4, 0.5) is 5.69 Å². The molecule has 2 aliphatic rings. The maximum atomic E-state index is 13.2. The van der Waals surface area contributed by atoms with E-state index in [-0.39, 0.29) is 17.9 Å². The van der Waals surface area contributed by atoms with Crippen LogP contribution in [0.2, 0.25) is 0 Å². The van der Waals surface area contributed by atoms with Crippen LogP contribution in [0.25, 0.3) is 0 Å². The Kier molecular flexibility index (Phi) is 4.48. The van der Waals surface area contributed by atoms with Gasteiger partial charge in [0, 0.05) is 23.8 Å². The van der Waals surface area contributed by atoms with E-state index in [0.29, 0.717) is 18.9 Å². The van der Waals surface area contributed by atoms with E-state index in [1.54, 1.807) is 0 Å². The minimum absolute atomic E-state index is 0.0821. The van der Waals surface area contributed by atoms with E-state index in [0.717, 1.165) is 16.8 Å². The summed E-state index contributed by atoms with van der Waals surface area (Å²) in [5, 5.41) is 9.54. The maximum absolute atomic E-state index is 13.2. The van der Waals surface area contributed by atoms with Gasteiger partial charge >= 0.3 is 0 Å².